The second kappa shape index (κ2) is 9.77. The first-order valence-electron chi connectivity index (χ1n) is 13.7. The number of rotatable bonds is 5. The second-order valence-corrected chi connectivity index (χ2v) is 11.0. The summed E-state index contributed by atoms with van der Waals surface area (Å²) in [5.74, 6) is 7.46. The summed E-state index contributed by atoms with van der Waals surface area (Å²) in [6.07, 6.45) is 5.17. The third kappa shape index (κ3) is 3.92. The first kappa shape index (κ1) is 25.5. The molecule has 1 spiro atoms. The van der Waals surface area contributed by atoms with Gasteiger partial charge in [0.05, 0.1) is 13.2 Å². The minimum atomic E-state index is -0.361. The van der Waals surface area contributed by atoms with Crippen molar-refractivity contribution < 1.29 is 23.8 Å². The maximum Gasteiger partial charge on any atom is 0.308 e. The first-order chi connectivity index (χ1) is 18.9. The summed E-state index contributed by atoms with van der Waals surface area (Å²) in [4.78, 5) is 29.7. The number of hydrogen-bond donors (Lipinski definition) is 0. The molecular weight excluding hydrogens is 492 g/mol. The van der Waals surface area contributed by atoms with Gasteiger partial charge in [0, 0.05) is 60.7 Å². The van der Waals surface area contributed by atoms with Crippen molar-refractivity contribution in [2.45, 2.75) is 56.2 Å². The molecule has 0 radical (unpaired) electrons. The average Bonchev–Trinajstić information content (AvgIpc) is 3.28. The van der Waals surface area contributed by atoms with Crippen molar-refractivity contribution >= 4 is 11.9 Å². The molecule has 2 heterocycles. The lowest BCUT2D eigenvalue weighted by Crippen LogP contribution is -2.68. The number of likely N-dealkylation sites (tertiary alicyclic amines) is 1. The van der Waals surface area contributed by atoms with Gasteiger partial charge in [0.15, 0.2) is 11.5 Å². The molecule has 0 aromatic heterocycles. The third-order valence-electron chi connectivity index (χ3n) is 9.22. The van der Waals surface area contributed by atoms with Crippen LogP contribution in [0.1, 0.15) is 42.9 Å². The van der Waals surface area contributed by atoms with Gasteiger partial charge in [-0.25, -0.2) is 0 Å². The molecule has 1 saturated carbocycles. The van der Waals surface area contributed by atoms with Gasteiger partial charge in [-0.15, -0.1) is 6.58 Å². The summed E-state index contributed by atoms with van der Waals surface area (Å²) >= 11 is 0. The van der Waals surface area contributed by atoms with E-state index in [4.69, 9.17) is 14.2 Å². The van der Waals surface area contributed by atoms with E-state index < -0.39 is 0 Å². The zero-order chi connectivity index (χ0) is 27.3. The lowest BCUT2D eigenvalue weighted by atomic mass is 9.51. The van der Waals surface area contributed by atoms with Gasteiger partial charge in [0.1, 0.15) is 11.9 Å². The van der Waals surface area contributed by atoms with Crippen molar-refractivity contribution in [3.05, 3.63) is 65.7 Å². The van der Waals surface area contributed by atoms with Gasteiger partial charge in [-0.05, 0) is 50.3 Å². The molecule has 2 aromatic carbocycles. The van der Waals surface area contributed by atoms with Crippen LogP contribution < -0.4 is 14.2 Å². The third-order valence-corrected chi connectivity index (χ3v) is 9.22. The van der Waals surface area contributed by atoms with E-state index in [0.717, 1.165) is 61.2 Å². The van der Waals surface area contributed by atoms with E-state index in [9.17, 15) is 9.59 Å². The smallest absolute Gasteiger partial charge is 0.308 e. The lowest BCUT2D eigenvalue weighted by Gasteiger charge is -2.60. The molecule has 7 nitrogen and oxygen atoms in total. The fourth-order valence-electron chi connectivity index (χ4n) is 7.71. The number of nitrogens with zero attached hydrogens (tertiary/aromatic N) is 2. The number of likely N-dealkylation sites (N-methyl/N-ethyl adjacent to an activating group) is 1. The van der Waals surface area contributed by atoms with Crippen LogP contribution in [-0.4, -0.2) is 67.1 Å². The molecule has 202 valence electrons. The predicted octanol–water partition coefficient (Wildman–Crippen LogP) is 3.72. The summed E-state index contributed by atoms with van der Waals surface area (Å²) in [6.45, 7) is 7.13. The van der Waals surface area contributed by atoms with Gasteiger partial charge in [-0.3, -0.25) is 14.5 Å². The molecule has 1 amide bonds. The van der Waals surface area contributed by atoms with E-state index in [1.165, 1.54) is 6.92 Å². The molecule has 0 unspecified atom stereocenters. The highest BCUT2D eigenvalue weighted by Gasteiger charge is 2.67. The molecule has 2 aliphatic carbocycles. The topological polar surface area (TPSA) is 68.3 Å². The van der Waals surface area contributed by atoms with Crippen LogP contribution in [0.5, 0.6) is 17.2 Å². The van der Waals surface area contributed by atoms with Crippen LogP contribution in [0.3, 0.4) is 0 Å². The predicted molar refractivity (Wildman–Crippen MR) is 147 cm³/mol. The Bertz CT molecular complexity index is 1390. The molecule has 6 rings (SSSR count). The SMILES string of the molecule is C=CCN1CC[C@]23c4c5c(OC(C)=O)cc(OC)c4O[C@H]2[C@H](N(C)C(=O)C#Cc2ccccc2)CC[C@H]3[C@H]1C5. The number of amides is 1. The number of hydrogen-bond acceptors (Lipinski definition) is 6. The highest BCUT2D eigenvalue weighted by Crippen LogP contribution is 2.65. The van der Waals surface area contributed by atoms with Crippen LogP contribution in [0.4, 0.5) is 0 Å². The van der Waals surface area contributed by atoms with Crippen LogP contribution in [-0.2, 0) is 21.4 Å². The number of esters is 1. The molecule has 7 heteroatoms. The highest BCUT2D eigenvalue weighted by atomic mass is 16.5. The number of carbonyl (C=O) groups excluding carboxylic acids is 2. The van der Waals surface area contributed by atoms with Gasteiger partial charge in [0.2, 0.25) is 0 Å². The van der Waals surface area contributed by atoms with E-state index >= 15 is 0 Å². The second-order valence-electron chi connectivity index (χ2n) is 11.0. The van der Waals surface area contributed by atoms with Crippen LogP contribution in [0.25, 0.3) is 0 Å². The zero-order valence-corrected chi connectivity index (χ0v) is 22.7. The minimum absolute atomic E-state index is 0.148. The molecule has 2 aromatic rings. The summed E-state index contributed by atoms with van der Waals surface area (Å²) in [5.41, 5.74) is 2.64. The van der Waals surface area contributed by atoms with Crippen molar-refractivity contribution in [2.24, 2.45) is 5.92 Å². The largest absolute Gasteiger partial charge is 0.493 e. The van der Waals surface area contributed by atoms with E-state index in [2.05, 4.69) is 23.3 Å². The number of benzene rings is 2. The maximum atomic E-state index is 13.3. The van der Waals surface area contributed by atoms with Crippen LogP contribution >= 0.6 is 0 Å². The number of ether oxygens (including phenoxy) is 3. The van der Waals surface area contributed by atoms with E-state index in [0.29, 0.717) is 17.4 Å². The Morgan fingerprint density at radius 1 is 1.26 bits per heavy atom. The fraction of sp³-hybridized carbons (Fsp3) is 0.438. The van der Waals surface area contributed by atoms with Crippen molar-refractivity contribution in [1.82, 2.24) is 9.80 Å². The lowest BCUT2D eigenvalue weighted by molar-refractivity contribution is -0.134. The van der Waals surface area contributed by atoms with Crippen LogP contribution in [0.15, 0.2) is 49.1 Å². The highest BCUT2D eigenvalue weighted by molar-refractivity contribution is 5.94. The molecule has 4 aliphatic rings. The van der Waals surface area contributed by atoms with Crippen molar-refractivity contribution in [2.75, 3.05) is 27.2 Å². The van der Waals surface area contributed by atoms with Crippen molar-refractivity contribution in [3.8, 4) is 29.1 Å². The molecule has 2 bridgehead atoms. The molecule has 1 saturated heterocycles. The van der Waals surface area contributed by atoms with Gasteiger partial charge in [-0.1, -0.05) is 30.2 Å². The van der Waals surface area contributed by atoms with Crippen LogP contribution in [0.2, 0.25) is 0 Å². The Morgan fingerprint density at radius 2 is 2.05 bits per heavy atom. The Hall–Kier alpha value is -3.76. The molecule has 0 N–H and O–H groups in total. The van der Waals surface area contributed by atoms with Crippen LogP contribution in [0, 0.1) is 17.8 Å². The molecular formula is C32H34N2O5. The Morgan fingerprint density at radius 3 is 2.77 bits per heavy atom. The molecule has 5 atom stereocenters. The van der Waals surface area contributed by atoms with Gasteiger partial charge < -0.3 is 19.1 Å². The standard InChI is InChI=1S/C32H34N2O5/c1-5-16-34-17-15-32-23-12-13-24(33(3)28(36)14-11-21-9-7-6-8-10-21)31(32)39-30-27(37-4)19-26(38-20(2)35)22(29(30)32)18-25(23)34/h5-10,19,23-25,31H,1,12-13,15-18H2,2-4H3/t23-,24+,25+,31-,32-/m0/s1. The van der Waals surface area contributed by atoms with E-state index in [-0.39, 0.29) is 35.5 Å². The Labute approximate surface area is 229 Å². The van der Waals surface area contributed by atoms with Gasteiger partial charge in [-0.2, -0.15) is 0 Å². The average molecular weight is 527 g/mol. The quantitative estimate of drug-likeness (QED) is 0.256. The fourth-order valence-corrected chi connectivity index (χ4v) is 7.71. The molecule has 39 heavy (non-hydrogen) atoms. The maximum absolute atomic E-state index is 13.3. The van der Waals surface area contributed by atoms with Gasteiger partial charge >= 0.3 is 5.97 Å². The number of methoxy groups -OCH3 is 1. The summed E-state index contributed by atoms with van der Waals surface area (Å²) in [6, 6.07) is 11.5. The van der Waals surface area contributed by atoms with Crippen molar-refractivity contribution in [3.63, 3.8) is 0 Å². The summed E-state index contributed by atoms with van der Waals surface area (Å²) < 4.78 is 18.4. The first-order valence-corrected chi connectivity index (χ1v) is 13.7. The monoisotopic (exact) mass is 526 g/mol. The minimum Gasteiger partial charge on any atom is -0.493 e. The zero-order valence-electron chi connectivity index (χ0n) is 22.7. The summed E-state index contributed by atoms with van der Waals surface area (Å²) in [5, 5.41) is 0. The molecule has 2 fully saturated rings. The number of piperidine rings is 1. The van der Waals surface area contributed by atoms with Gasteiger partial charge in [0.25, 0.3) is 5.91 Å². The molecule has 2 aliphatic heterocycles. The van der Waals surface area contributed by atoms with E-state index in [1.54, 1.807) is 18.1 Å². The van der Waals surface area contributed by atoms with Crippen molar-refractivity contribution in [1.29, 1.82) is 0 Å². The normalized spacial score (nSPS) is 27.8. The summed E-state index contributed by atoms with van der Waals surface area (Å²) in [7, 11) is 3.45. The Balaban J connectivity index is 1.44. The number of carbonyl (C=O) groups is 2. The Kier molecular flexibility index (Phi) is 6.39. The van der Waals surface area contributed by atoms with E-state index in [1.807, 2.05) is 43.5 Å².